The second-order valence-electron chi connectivity index (χ2n) is 8.74. The number of benzene rings is 3. The molecule has 0 aliphatic carbocycles. The first-order valence-electron chi connectivity index (χ1n) is 11.4. The number of hydrogen-bond acceptors (Lipinski definition) is 4. The molecule has 2 aliphatic rings. The van der Waals surface area contributed by atoms with E-state index in [2.05, 4.69) is 15.9 Å². The van der Waals surface area contributed by atoms with E-state index in [-0.39, 0.29) is 17.0 Å². The van der Waals surface area contributed by atoms with Crippen LogP contribution in [0.5, 0.6) is 11.5 Å². The number of carbonyl (C=O) groups is 1. The van der Waals surface area contributed by atoms with Crippen LogP contribution in [0.2, 0.25) is 0 Å². The minimum Gasteiger partial charge on any atom is -0.496 e. The quantitative estimate of drug-likeness (QED) is 0.347. The van der Waals surface area contributed by atoms with E-state index in [0.29, 0.717) is 48.8 Å². The first-order chi connectivity index (χ1) is 16.9. The summed E-state index contributed by atoms with van der Waals surface area (Å²) in [7, 11) is 1.50. The number of halogens is 3. The maximum absolute atomic E-state index is 14.7. The lowest BCUT2D eigenvalue weighted by Gasteiger charge is -2.57. The third kappa shape index (κ3) is 4.19. The zero-order chi connectivity index (χ0) is 24.6. The molecule has 0 radical (unpaired) electrons. The molecule has 182 valence electrons. The topological polar surface area (TPSA) is 48.0 Å². The van der Waals surface area contributed by atoms with Crippen LogP contribution in [0.1, 0.15) is 30.0 Å². The highest BCUT2D eigenvalue weighted by molar-refractivity contribution is 9.10. The predicted octanol–water partition coefficient (Wildman–Crippen LogP) is 6.20. The third-order valence-corrected chi connectivity index (χ3v) is 7.40. The largest absolute Gasteiger partial charge is 0.496 e. The number of nitrogens with zero attached hydrogens (tertiary/aromatic N) is 1. The Hall–Kier alpha value is -2.97. The number of anilines is 1. The van der Waals surface area contributed by atoms with Crippen molar-refractivity contribution in [3.05, 3.63) is 87.9 Å². The van der Waals surface area contributed by atoms with Gasteiger partial charge in [0.2, 0.25) is 5.91 Å². The van der Waals surface area contributed by atoms with E-state index < -0.39 is 23.1 Å². The van der Waals surface area contributed by atoms with Crippen LogP contribution in [0.3, 0.4) is 0 Å². The SMILES string of the molecule is COc1cc(Br)c(F)cc1[C@@H]1N(c2cc(F)ccc2OCc2ccccc2)C(=O)C12CCOCC2. The minimum atomic E-state index is -0.797. The molecule has 2 heterocycles. The van der Waals surface area contributed by atoms with Gasteiger partial charge in [0.25, 0.3) is 0 Å². The monoisotopic (exact) mass is 543 g/mol. The maximum atomic E-state index is 14.7. The highest BCUT2D eigenvalue weighted by Gasteiger charge is 2.63. The Balaban J connectivity index is 1.59. The highest BCUT2D eigenvalue weighted by atomic mass is 79.9. The van der Waals surface area contributed by atoms with E-state index in [4.69, 9.17) is 14.2 Å². The van der Waals surface area contributed by atoms with Crippen molar-refractivity contribution in [2.45, 2.75) is 25.5 Å². The van der Waals surface area contributed by atoms with Crippen LogP contribution in [0, 0.1) is 17.0 Å². The lowest BCUT2D eigenvalue weighted by Crippen LogP contribution is -2.65. The number of amides is 1. The summed E-state index contributed by atoms with van der Waals surface area (Å²) in [6, 6.07) is 16.0. The van der Waals surface area contributed by atoms with Crippen LogP contribution in [-0.4, -0.2) is 26.2 Å². The average Bonchev–Trinajstić information content (AvgIpc) is 2.88. The van der Waals surface area contributed by atoms with Crippen molar-refractivity contribution in [1.29, 1.82) is 0 Å². The molecule has 1 atom stereocenters. The molecular weight excluding hydrogens is 520 g/mol. The molecule has 0 unspecified atom stereocenters. The molecule has 3 aromatic rings. The Morgan fingerprint density at radius 1 is 1.06 bits per heavy atom. The smallest absolute Gasteiger partial charge is 0.236 e. The Morgan fingerprint density at radius 2 is 1.80 bits per heavy atom. The number of rotatable bonds is 6. The number of carbonyl (C=O) groups excluding carboxylic acids is 1. The van der Waals surface area contributed by atoms with Crippen molar-refractivity contribution in [2.24, 2.45) is 5.41 Å². The van der Waals surface area contributed by atoms with Gasteiger partial charge in [-0.1, -0.05) is 30.3 Å². The molecule has 0 aromatic heterocycles. The zero-order valence-corrected chi connectivity index (χ0v) is 20.7. The van der Waals surface area contributed by atoms with Crippen molar-refractivity contribution in [3.8, 4) is 11.5 Å². The molecule has 8 heteroatoms. The van der Waals surface area contributed by atoms with Crippen molar-refractivity contribution < 1.29 is 27.8 Å². The van der Waals surface area contributed by atoms with Gasteiger partial charge in [-0.05, 0) is 58.6 Å². The molecule has 5 rings (SSSR count). The zero-order valence-electron chi connectivity index (χ0n) is 19.1. The molecule has 0 N–H and O–H groups in total. The Bertz CT molecular complexity index is 1250. The molecule has 3 aromatic carbocycles. The molecule has 2 saturated heterocycles. The molecule has 0 bridgehead atoms. The third-order valence-electron chi connectivity index (χ3n) is 6.80. The van der Waals surface area contributed by atoms with Gasteiger partial charge in [0.05, 0.1) is 28.7 Å². The van der Waals surface area contributed by atoms with Crippen LogP contribution in [0.25, 0.3) is 0 Å². The fourth-order valence-corrected chi connectivity index (χ4v) is 5.36. The first-order valence-corrected chi connectivity index (χ1v) is 12.1. The molecular formula is C27H24BrF2NO4. The first kappa shape index (κ1) is 23.8. The fraction of sp³-hybridized carbons (Fsp3) is 0.296. The summed E-state index contributed by atoms with van der Waals surface area (Å²) in [6.45, 7) is 1.08. The van der Waals surface area contributed by atoms with Gasteiger partial charge in [0.1, 0.15) is 29.7 Å². The summed E-state index contributed by atoms with van der Waals surface area (Å²) in [5, 5.41) is 0. The van der Waals surface area contributed by atoms with E-state index in [0.717, 1.165) is 5.56 Å². The van der Waals surface area contributed by atoms with Gasteiger partial charge in [-0.25, -0.2) is 8.78 Å². The summed E-state index contributed by atoms with van der Waals surface area (Å²) in [6.07, 6.45) is 0.951. The Kier molecular flexibility index (Phi) is 6.51. The Labute approximate surface area is 210 Å². The number of methoxy groups -OCH3 is 1. The van der Waals surface area contributed by atoms with Gasteiger partial charge >= 0.3 is 0 Å². The van der Waals surface area contributed by atoms with Crippen LogP contribution < -0.4 is 14.4 Å². The van der Waals surface area contributed by atoms with E-state index in [1.807, 2.05) is 30.3 Å². The second-order valence-corrected chi connectivity index (χ2v) is 9.60. The van der Waals surface area contributed by atoms with Crippen LogP contribution >= 0.6 is 15.9 Å². The van der Waals surface area contributed by atoms with Gasteiger partial charge in [0, 0.05) is 24.8 Å². The van der Waals surface area contributed by atoms with Gasteiger partial charge < -0.3 is 14.2 Å². The molecule has 1 amide bonds. The van der Waals surface area contributed by atoms with E-state index in [1.165, 1.54) is 36.3 Å². The molecule has 2 fully saturated rings. The number of ether oxygens (including phenoxy) is 3. The summed E-state index contributed by atoms with van der Waals surface area (Å²) in [5.41, 5.74) is 0.965. The average molecular weight is 544 g/mol. The van der Waals surface area contributed by atoms with E-state index >= 15 is 0 Å². The number of hydrogen-bond donors (Lipinski definition) is 0. The summed E-state index contributed by atoms with van der Waals surface area (Å²) in [5.74, 6) is -0.323. The van der Waals surface area contributed by atoms with Crippen molar-refractivity contribution in [2.75, 3.05) is 25.2 Å². The second kappa shape index (κ2) is 9.59. The highest BCUT2D eigenvalue weighted by Crippen LogP contribution is 2.60. The predicted molar refractivity (Wildman–Crippen MR) is 131 cm³/mol. The molecule has 5 nitrogen and oxygen atoms in total. The fourth-order valence-electron chi connectivity index (χ4n) is 5.03. The maximum Gasteiger partial charge on any atom is 0.236 e. The summed E-state index contributed by atoms with van der Waals surface area (Å²) >= 11 is 3.21. The van der Waals surface area contributed by atoms with Gasteiger partial charge in [0.15, 0.2) is 0 Å². The lowest BCUT2D eigenvalue weighted by molar-refractivity contribution is -0.149. The van der Waals surface area contributed by atoms with E-state index in [1.54, 1.807) is 6.07 Å². The van der Waals surface area contributed by atoms with Gasteiger partial charge in [-0.3, -0.25) is 9.69 Å². The summed E-state index contributed by atoms with van der Waals surface area (Å²) in [4.78, 5) is 15.3. The molecule has 0 saturated carbocycles. The van der Waals surface area contributed by atoms with Crippen LogP contribution in [0.15, 0.2) is 65.1 Å². The normalized spacial score (nSPS) is 18.9. The number of β-lactam (4-membered cyclic amide) rings is 1. The van der Waals surface area contributed by atoms with Crippen molar-refractivity contribution in [1.82, 2.24) is 0 Å². The molecule has 1 spiro atoms. The van der Waals surface area contributed by atoms with Crippen molar-refractivity contribution >= 4 is 27.5 Å². The van der Waals surface area contributed by atoms with Gasteiger partial charge in [-0.2, -0.15) is 0 Å². The van der Waals surface area contributed by atoms with Crippen LogP contribution in [-0.2, 0) is 16.1 Å². The summed E-state index contributed by atoms with van der Waals surface area (Å²) < 4.78 is 46.6. The standard InChI is InChI=1S/C27H24BrF2NO4/c1-33-24-15-20(28)21(30)14-19(24)25-27(9-11-34-12-10-27)26(32)31(25)22-13-18(29)7-8-23(22)35-16-17-5-3-2-4-6-17/h2-8,13-15,25H,9-12,16H2,1H3/t25-/m0/s1. The van der Waals surface area contributed by atoms with E-state index in [9.17, 15) is 13.6 Å². The Morgan fingerprint density at radius 3 is 2.51 bits per heavy atom. The van der Waals surface area contributed by atoms with Crippen molar-refractivity contribution in [3.63, 3.8) is 0 Å². The minimum absolute atomic E-state index is 0.161. The molecule has 35 heavy (non-hydrogen) atoms. The van der Waals surface area contributed by atoms with Gasteiger partial charge in [-0.15, -0.1) is 0 Å². The molecule has 2 aliphatic heterocycles. The lowest BCUT2D eigenvalue weighted by atomic mass is 9.62. The van der Waals surface area contributed by atoms with Crippen LogP contribution in [0.4, 0.5) is 14.5 Å².